The zero-order valence-corrected chi connectivity index (χ0v) is 14.8. The third-order valence-electron chi connectivity index (χ3n) is 4.17. The first-order valence-electron chi connectivity index (χ1n) is 8.19. The summed E-state index contributed by atoms with van der Waals surface area (Å²) in [6, 6.07) is 10.4. The second kappa shape index (κ2) is 7.53. The first-order valence-corrected chi connectivity index (χ1v) is 8.19. The second-order valence-electron chi connectivity index (χ2n) is 6.05. The molecule has 0 N–H and O–H groups in total. The van der Waals surface area contributed by atoms with Crippen LogP contribution < -0.4 is 0 Å². The molecule has 0 bridgehead atoms. The molecule has 0 saturated heterocycles. The molecule has 1 unspecified atom stereocenters. The highest BCUT2D eigenvalue weighted by molar-refractivity contribution is 5.98. The van der Waals surface area contributed by atoms with Gasteiger partial charge in [0.1, 0.15) is 11.4 Å². The fraction of sp³-hybridized carbons (Fsp3) is 0.263. The predicted molar refractivity (Wildman–Crippen MR) is 94.7 cm³/mol. The zero-order valence-electron chi connectivity index (χ0n) is 14.8. The molecular formula is C19H19FN4O2. The van der Waals surface area contributed by atoms with E-state index in [1.54, 1.807) is 31.4 Å². The number of carbonyl (C=O) groups excluding carboxylic acids is 1. The van der Waals surface area contributed by atoms with Gasteiger partial charge in [0.05, 0.1) is 12.3 Å². The Morgan fingerprint density at radius 2 is 2.00 bits per heavy atom. The highest BCUT2D eigenvalue weighted by Crippen LogP contribution is 2.24. The number of methoxy groups -OCH3 is 1. The molecule has 3 aromatic rings. The number of carbonyl (C=O) groups is 1. The van der Waals surface area contributed by atoms with Crippen LogP contribution in [0.15, 0.2) is 42.6 Å². The highest BCUT2D eigenvalue weighted by Gasteiger charge is 2.17. The third kappa shape index (κ3) is 3.39. The predicted octanol–water partition coefficient (Wildman–Crippen LogP) is 3.24. The van der Waals surface area contributed by atoms with E-state index in [-0.39, 0.29) is 17.4 Å². The van der Waals surface area contributed by atoms with Gasteiger partial charge in [-0.15, -0.1) is 5.10 Å². The molecule has 1 atom stereocenters. The fourth-order valence-corrected chi connectivity index (χ4v) is 2.76. The Hall–Kier alpha value is -2.93. The molecule has 3 rings (SSSR count). The maximum absolute atomic E-state index is 13.9. The molecule has 7 heteroatoms. The third-order valence-corrected chi connectivity index (χ3v) is 4.17. The average molecular weight is 354 g/mol. The number of Topliss-reactive ketones (excluding diaryl/α,β-unsaturated/α-hetero) is 1. The van der Waals surface area contributed by atoms with Gasteiger partial charge in [0.2, 0.25) is 5.95 Å². The number of hydrogen-bond acceptors (Lipinski definition) is 5. The quantitative estimate of drug-likeness (QED) is 0.502. The van der Waals surface area contributed by atoms with Crippen molar-refractivity contribution in [2.75, 3.05) is 13.7 Å². The van der Waals surface area contributed by atoms with Gasteiger partial charge in [-0.05, 0) is 19.1 Å². The minimum absolute atomic E-state index is 0.0243. The van der Waals surface area contributed by atoms with Gasteiger partial charge in [0.25, 0.3) is 0 Å². The first-order chi connectivity index (χ1) is 12.5. The number of pyridine rings is 1. The van der Waals surface area contributed by atoms with Crippen molar-refractivity contribution in [3.8, 4) is 16.9 Å². The average Bonchev–Trinajstić information content (AvgIpc) is 3.03. The van der Waals surface area contributed by atoms with Crippen LogP contribution >= 0.6 is 0 Å². The van der Waals surface area contributed by atoms with E-state index >= 15 is 0 Å². The second-order valence-corrected chi connectivity index (χ2v) is 6.05. The molecule has 0 radical (unpaired) electrons. The topological polar surface area (TPSA) is 69.9 Å². The number of nitrogens with zero attached hydrogens (tertiary/aromatic N) is 4. The van der Waals surface area contributed by atoms with Crippen molar-refractivity contribution < 1.29 is 13.9 Å². The number of halogens is 1. The van der Waals surface area contributed by atoms with Crippen molar-refractivity contribution in [3.05, 3.63) is 59.8 Å². The summed E-state index contributed by atoms with van der Waals surface area (Å²) in [5.74, 6) is -0.793. The Balaban J connectivity index is 1.89. The SMILES string of the molecule is COCC(C)C(=O)c1ccc(-c2nnn(-c3cccnc3F)c2C)cc1. The summed E-state index contributed by atoms with van der Waals surface area (Å²) >= 11 is 0. The van der Waals surface area contributed by atoms with Crippen LogP contribution in [-0.2, 0) is 4.74 Å². The van der Waals surface area contributed by atoms with Gasteiger partial charge in [-0.3, -0.25) is 4.79 Å². The van der Waals surface area contributed by atoms with Crippen molar-refractivity contribution in [1.82, 2.24) is 20.0 Å². The molecule has 134 valence electrons. The van der Waals surface area contributed by atoms with Crippen LogP contribution in [0.4, 0.5) is 4.39 Å². The van der Waals surface area contributed by atoms with Gasteiger partial charge in [-0.2, -0.15) is 4.39 Å². The van der Waals surface area contributed by atoms with E-state index in [4.69, 9.17) is 4.74 Å². The molecule has 0 aliphatic heterocycles. The van der Waals surface area contributed by atoms with Crippen LogP contribution in [0.2, 0.25) is 0 Å². The lowest BCUT2D eigenvalue weighted by atomic mass is 9.98. The summed E-state index contributed by atoms with van der Waals surface area (Å²) in [6.07, 6.45) is 1.38. The smallest absolute Gasteiger partial charge is 0.238 e. The molecule has 26 heavy (non-hydrogen) atoms. The summed E-state index contributed by atoms with van der Waals surface area (Å²) in [5.41, 5.74) is 2.96. The minimum Gasteiger partial charge on any atom is -0.384 e. The molecule has 0 amide bonds. The van der Waals surface area contributed by atoms with Crippen LogP contribution in [0.5, 0.6) is 0 Å². The number of ketones is 1. The molecular weight excluding hydrogens is 335 g/mol. The van der Waals surface area contributed by atoms with E-state index in [1.165, 1.54) is 10.9 Å². The van der Waals surface area contributed by atoms with E-state index in [0.717, 1.165) is 5.56 Å². The summed E-state index contributed by atoms with van der Waals surface area (Å²) < 4.78 is 20.3. The van der Waals surface area contributed by atoms with E-state index < -0.39 is 5.95 Å². The Labute approximate surface area is 150 Å². The Morgan fingerprint density at radius 3 is 2.65 bits per heavy atom. The van der Waals surface area contributed by atoms with Crippen LogP contribution in [0.25, 0.3) is 16.9 Å². The molecule has 2 aromatic heterocycles. The van der Waals surface area contributed by atoms with Gasteiger partial charge in [-0.25, -0.2) is 9.67 Å². The number of ether oxygens (including phenoxy) is 1. The Morgan fingerprint density at radius 1 is 1.27 bits per heavy atom. The molecule has 0 fully saturated rings. The summed E-state index contributed by atoms with van der Waals surface area (Å²) in [6.45, 7) is 4.02. The summed E-state index contributed by atoms with van der Waals surface area (Å²) in [4.78, 5) is 16.0. The maximum Gasteiger partial charge on any atom is 0.238 e. The van der Waals surface area contributed by atoms with Crippen molar-refractivity contribution in [1.29, 1.82) is 0 Å². The van der Waals surface area contributed by atoms with Crippen LogP contribution in [0.3, 0.4) is 0 Å². The Kier molecular flexibility index (Phi) is 5.18. The van der Waals surface area contributed by atoms with E-state index in [1.807, 2.05) is 26.0 Å². The van der Waals surface area contributed by atoms with Crippen LogP contribution in [0, 0.1) is 18.8 Å². The normalized spacial score (nSPS) is 12.2. The molecule has 0 saturated carbocycles. The molecule has 0 aliphatic carbocycles. The van der Waals surface area contributed by atoms with Crippen molar-refractivity contribution in [2.24, 2.45) is 5.92 Å². The number of benzene rings is 1. The van der Waals surface area contributed by atoms with Crippen LogP contribution in [0.1, 0.15) is 23.0 Å². The standard InChI is InChI=1S/C19H19FN4O2/c1-12(11-26-3)18(25)15-8-6-14(7-9-15)17-13(2)24(23-22-17)16-5-4-10-21-19(16)20/h4-10,12H,11H2,1-3H3. The highest BCUT2D eigenvalue weighted by atomic mass is 19.1. The Bertz CT molecular complexity index is 922. The lowest BCUT2D eigenvalue weighted by molar-refractivity contribution is 0.0830. The van der Waals surface area contributed by atoms with Gasteiger partial charge < -0.3 is 4.74 Å². The van der Waals surface area contributed by atoms with E-state index in [9.17, 15) is 9.18 Å². The van der Waals surface area contributed by atoms with E-state index in [0.29, 0.717) is 23.6 Å². The number of rotatable bonds is 6. The maximum atomic E-state index is 13.9. The van der Waals surface area contributed by atoms with Crippen LogP contribution in [-0.4, -0.2) is 39.5 Å². The molecule has 1 aromatic carbocycles. The molecule has 2 heterocycles. The molecule has 6 nitrogen and oxygen atoms in total. The lowest BCUT2D eigenvalue weighted by Gasteiger charge is -2.09. The van der Waals surface area contributed by atoms with Crippen molar-refractivity contribution in [2.45, 2.75) is 13.8 Å². The van der Waals surface area contributed by atoms with Gasteiger partial charge in [0.15, 0.2) is 5.78 Å². The van der Waals surface area contributed by atoms with Crippen molar-refractivity contribution >= 4 is 5.78 Å². The van der Waals surface area contributed by atoms with Gasteiger partial charge in [0, 0.05) is 30.4 Å². The summed E-state index contributed by atoms with van der Waals surface area (Å²) in [5, 5.41) is 8.19. The molecule has 0 spiro atoms. The lowest BCUT2D eigenvalue weighted by Crippen LogP contribution is -2.16. The van der Waals surface area contributed by atoms with Crippen molar-refractivity contribution in [3.63, 3.8) is 0 Å². The number of hydrogen-bond donors (Lipinski definition) is 0. The van der Waals surface area contributed by atoms with E-state index in [2.05, 4.69) is 15.3 Å². The monoisotopic (exact) mass is 354 g/mol. The van der Waals surface area contributed by atoms with Gasteiger partial charge >= 0.3 is 0 Å². The first kappa shape index (κ1) is 17.9. The number of aromatic nitrogens is 4. The largest absolute Gasteiger partial charge is 0.384 e. The summed E-state index contributed by atoms with van der Waals surface area (Å²) in [7, 11) is 1.57. The minimum atomic E-state index is -0.611. The fourth-order valence-electron chi connectivity index (χ4n) is 2.76. The zero-order chi connectivity index (χ0) is 18.7. The van der Waals surface area contributed by atoms with Gasteiger partial charge in [-0.1, -0.05) is 36.4 Å². The molecule has 0 aliphatic rings.